The highest BCUT2D eigenvalue weighted by Gasteiger charge is 2.25. The standard InChI is InChI=1S/C29H30N2O3/c32-18-16-21-6-8-22(9-7-21)23-10-12-24(13-11-23)25-14-15-27-28(20-25)34-19-17-31(27)29(33)30-26-4-2-1-3-5-26/h1-5,10-15,18,20-22H,6-9,16-17,19H2,(H,30,33). The molecule has 5 heteroatoms. The monoisotopic (exact) mass is 454 g/mol. The molecule has 1 fully saturated rings. The first-order valence-corrected chi connectivity index (χ1v) is 12.2. The Bertz CT molecular complexity index is 1140. The van der Waals surface area contributed by atoms with Gasteiger partial charge in [-0.3, -0.25) is 4.90 Å². The lowest BCUT2D eigenvalue weighted by atomic mass is 9.77. The number of ether oxygens (including phenoxy) is 1. The van der Waals surface area contributed by atoms with Crippen LogP contribution < -0.4 is 15.0 Å². The predicted octanol–water partition coefficient (Wildman–Crippen LogP) is 6.65. The fraction of sp³-hybridized carbons (Fsp3) is 0.310. The molecule has 34 heavy (non-hydrogen) atoms. The lowest BCUT2D eigenvalue weighted by molar-refractivity contribution is -0.108. The number of urea groups is 1. The van der Waals surface area contributed by atoms with E-state index >= 15 is 0 Å². The lowest BCUT2D eigenvalue weighted by Crippen LogP contribution is -2.40. The van der Waals surface area contributed by atoms with Gasteiger partial charge in [-0.25, -0.2) is 4.79 Å². The molecule has 3 aromatic rings. The van der Waals surface area contributed by atoms with Crippen LogP contribution in [0.15, 0.2) is 72.8 Å². The Morgan fingerprint density at radius 2 is 1.68 bits per heavy atom. The average Bonchev–Trinajstić information content (AvgIpc) is 2.89. The topological polar surface area (TPSA) is 58.6 Å². The van der Waals surface area contributed by atoms with Gasteiger partial charge in [-0.2, -0.15) is 0 Å². The molecule has 0 atom stereocenters. The molecule has 2 amide bonds. The smallest absolute Gasteiger partial charge is 0.326 e. The van der Waals surface area contributed by atoms with Crippen LogP contribution in [0.25, 0.3) is 11.1 Å². The maximum absolute atomic E-state index is 12.9. The second kappa shape index (κ2) is 10.1. The van der Waals surface area contributed by atoms with Crippen molar-refractivity contribution in [2.75, 3.05) is 23.4 Å². The minimum absolute atomic E-state index is 0.157. The number of anilines is 2. The number of benzene rings is 3. The van der Waals surface area contributed by atoms with E-state index in [1.165, 1.54) is 5.56 Å². The third-order valence-corrected chi connectivity index (χ3v) is 7.09. The molecule has 0 aromatic heterocycles. The highest BCUT2D eigenvalue weighted by Crippen LogP contribution is 2.39. The number of nitrogens with zero attached hydrogens (tertiary/aromatic N) is 1. The first kappa shape index (κ1) is 22.2. The number of hydrogen-bond acceptors (Lipinski definition) is 3. The van der Waals surface area contributed by atoms with Crippen LogP contribution in [-0.2, 0) is 4.79 Å². The summed E-state index contributed by atoms with van der Waals surface area (Å²) in [4.78, 5) is 25.4. The summed E-state index contributed by atoms with van der Waals surface area (Å²) in [5, 5.41) is 2.96. The van der Waals surface area contributed by atoms with Gasteiger partial charge in [0.15, 0.2) is 0 Å². The summed E-state index contributed by atoms with van der Waals surface area (Å²) >= 11 is 0. The van der Waals surface area contributed by atoms with Crippen molar-refractivity contribution in [1.29, 1.82) is 0 Å². The number of amides is 2. The van der Waals surface area contributed by atoms with Gasteiger partial charge >= 0.3 is 6.03 Å². The highest BCUT2D eigenvalue weighted by molar-refractivity contribution is 6.03. The second-order valence-electron chi connectivity index (χ2n) is 9.22. The van der Waals surface area contributed by atoms with Crippen LogP contribution in [0.4, 0.5) is 16.2 Å². The minimum Gasteiger partial charge on any atom is -0.490 e. The van der Waals surface area contributed by atoms with Crippen LogP contribution in [0, 0.1) is 5.92 Å². The molecule has 174 valence electrons. The summed E-state index contributed by atoms with van der Waals surface area (Å²) in [5.41, 5.74) is 5.15. The number of para-hydroxylation sites is 1. The van der Waals surface area contributed by atoms with Gasteiger partial charge in [0.25, 0.3) is 0 Å². The first-order valence-electron chi connectivity index (χ1n) is 12.2. The average molecular weight is 455 g/mol. The number of aldehydes is 1. The van der Waals surface area contributed by atoms with E-state index in [0.29, 0.717) is 31.4 Å². The molecule has 2 aliphatic rings. The maximum Gasteiger partial charge on any atom is 0.326 e. The van der Waals surface area contributed by atoms with E-state index in [1.54, 1.807) is 4.90 Å². The van der Waals surface area contributed by atoms with Gasteiger partial charge in [0.1, 0.15) is 18.6 Å². The van der Waals surface area contributed by atoms with E-state index in [0.717, 1.165) is 60.2 Å². The van der Waals surface area contributed by atoms with Crippen LogP contribution in [-0.4, -0.2) is 25.5 Å². The van der Waals surface area contributed by atoms with Crippen molar-refractivity contribution in [3.8, 4) is 16.9 Å². The molecule has 1 heterocycles. The van der Waals surface area contributed by atoms with Crippen LogP contribution >= 0.6 is 0 Å². The normalized spacial score (nSPS) is 19.6. The molecular formula is C29H30N2O3. The molecule has 3 aromatic carbocycles. The van der Waals surface area contributed by atoms with Crippen LogP contribution in [0.2, 0.25) is 0 Å². The van der Waals surface area contributed by atoms with Crippen molar-refractivity contribution in [2.45, 2.75) is 38.0 Å². The summed E-state index contributed by atoms with van der Waals surface area (Å²) in [6.07, 6.45) is 6.37. The Morgan fingerprint density at radius 1 is 0.941 bits per heavy atom. The van der Waals surface area contributed by atoms with Gasteiger partial charge < -0.3 is 14.8 Å². The largest absolute Gasteiger partial charge is 0.490 e. The Balaban J connectivity index is 1.28. The van der Waals surface area contributed by atoms with Gasteiger partial charge in [0.05, 0.1) is 12.2 Å². The number of hydrogen-bond donors (Lipinski definition) is 1. The van der Waals surface area contributed by atoms with E-state index in [2.05, 4.69) is 35.6 Å². The van der Waals surface area contributed by atoms with E-state index < -0.39 is 0 Å². The first-order chi connectivity index (χ1) is 16.7. The summed E-state index contributed by atoms with van der Waals surface area (Å²) in [6, 6.07) is 24.2. The number of rotatable bonds is 5. The lowest BCUT2D eigenvalue weighted by Gasteiger charge is -2.30. The van der Waals surface area contributed by atoms with Gasteiger partial charge in [-0.1, -0.05) is 48.5 Å². The van der Waals surface area contributed by atoms with Crippen molar-refractivity contribution >= 4 is 23.7 Å². The number of carbonyl (C=O) groups excluding carboxylic acids is 2. The highest BCUT2D eigenvalue weighted by atomic mass is 16.5. The van der Waals surface area contributed by atoms with E-state index in [-0.39, 0.29) is 6.03 Å². The quantitative estimate of drug-likeness (QED) is 0.439. The summed E-state index contributed by atoms with van der Waals surface area (Å²) in [5.74, 6) is 1.88. The van der Waals surface area contributed by atoms with Gasteiger partial charge in [-0.15, -0.1) is 0 Å². The van der Waals surface area contributed by atoms with Gasteiger partial charge in [-0.05, 0) is 78.5 Å². The van der Waals surface area contributed by atoms with E-state index in [4.69, 9.17) is 4.74 Å². The van der Waals surface area contributed by atoms with Gasteiger partial charge in [0.2, 0.25) is 0 Å². The molecule has 1 saturated carbocycles. The fourth-order valence-corrected chi connectivity index (χ4v) is 5.14. The Kier molecular flexibility index (Phi) is 6.61. The van der Waals surface area contributed by atoms with Crippen molar-refractivity contribution in [1.82, 2.24) is 0 Å². The maximum atomic E-state index is 12.9. The zero-order valence-electron chi connectivity index (χ0n) is 19.3. The minimum atomic E-state index is -0.157. The third-order valence-electron chi connectivity index (χ3n) is 7.09. The molecule has 1 aliphatic heterocycles. The van der Waals surface area contributed by atoms with Crippen molar-refractivity contribution < 1.29 is 14.3 Å². The zero-order chi connectivity index (χ0) is 23.3. The van der Waals surface area contributed by atoms with Crippen molar-refractivity contribution in [2.24, 2.45) is 5.92 Å². The number of carbonyl (C=O) groups is 2. The number of fused-ring (bicyclic) bond motifs is 1. The van der Waals surface area contributed by atoms with Crippen LogP contribution in [0.1, 0.15) is 43.6 Å². The molecular weight excluding hydrogens is 424 g/mol. The summed E-state index contributed by atoms with van der Waals surface area (Å²) in [7, 11) is 0. The van der Waals surface area contributed by atoms with Crippen molar-refractivity contribution in [3.05, 3.63) is 78.4 Å². The molecule has 0 saturated heterocycles. The van der Waals surface area contributed by atoms with Crippen LogP contribution in [0.3, 0.4) is 0 Å². The SMILES string of the molecule is O=CCC1CCC(c2ccc(-c3ccc4c(c3)OCCN4C(=O)Nc3ccccc3)cc2)CC1. The zero-order valence-corrected chi connectivity index (χ0v) is 19.3. The third kappa shape index (κ3) is 4.84. The molecule has 5 nitrogen and oxygen atoms in total. The van der Waals surface area contributed by atoms with Crippen molar-refractivity contribution in [3.63, 3.8) is 0 Å². The van der Waals surface area contributed by atoms with Gasteiger partial charge in [0, 0.05) is 12.1 Å². The summed E-state index contributed by atoms with van der Waals surface area (Å²) < 4.78 is 5.92. The number of nitrogens with one attached hydrogen (secondary N) is 1. The van der Waals surface area contributed by atoms with E-state index in [1.807, 2.05) is 42.5 Å². The molecule has 0 spiro atoms. The molecule has 1 N–H and O–H groups in total. The summed E-state index contributed by atoms with van der Waals surface area (Å²) in [6.45, 7) is 0.971. The second-order valence-corrected chi connectivity index (χ2v) is 9.22. The molecule has 1 aliphatic carbocycles. The predicted molar refractivity (Wildman–Crippen MR) is 136 cm³/mol. The molecule has 5 rings (SSSR count). The Morgan fingerprint density at radius 3 is 2.41 bits per heavy atom. The van der Waals surface area contributed by atoms with Crippen LogP contribution in [0.5, 0.6) is 5.75 Å². The Labute approximate surface area is 200 Å². The fourth-order valence-electron chi connectivity index (χ4n) is 5.14. The Hall–Kier alpha value is -3.60. The van der Waals surface area contributed by atoms with E-state index in [9.17, 15) is 9.59 Å². The molecule has 0 unspecified atom stereocenters. The molecule has 0 radical (unpaired) electrons. The molecule has 0 bridgehead atoms.